The molecule has 2 aliphatic rings. The molecule has 1 fully saturated rings. The van der Waals surface area contributed by atoms with Gasteiger partial charge in [-0.05, 0) is 24.6 Å². The lowest BCUT2D eigenvalue weighted by Gasteiger charge is -2.49. The number of imide groups is 1. The minimum absolute atomic E-state index is 0.229. The summed E-state index contributed by atoms with van der Waals surface area (Å²) in [5, 5.41) is 0. The molecule has 1 saturated heterocycles. The highest BCUT2D eigenvalue weighted by molar-refractivity contribution is 6.30. The standard InChI is InChI=1S/C17H15ClN2O5/c1-8(2)11(17(24)25-3)19-13(18)12(16(19)23)20-14(21)9-6-4-5-7-10(9)15(20)22/h4-7,11-13H,1H2,2-3H3. The molecule has 0 bridgehead atoms. The lowest BCUT2D eigenvalue weighted by Crippen LogP contribution is -2.73. The maximum absolute atomic E-state index is 12.6. The number of carbonyl (C=O) groups excluding carboxylic acids is 4. The van der Waals surface area contributed by atoms with Gasteiger partial charge in [0.15, 0.2) is 12.1 Å². The summed E-state index contributed by atoms with van der Waals surface area (Å²) >= 11 is 6.28. The fourth-order valence-corrected chi connectivity index (χ4v) is 3.52. The minimum atomic E-state index is -1.17. The predicted molar refractivity (Wildman–Crippen MR) is 87.8 cm³/mol. The van der Waals surface area contributed by atoms with Gasteiger partial charge in [-0.3, -0.25) is 19.3 Å². The Morgan fingerprint density at radius 1 is 1.20 bits per heavy atom. The number of alkyl halides is 1. The fourth-order valence-electron chi connectivity index (χ4n) is 3.09. The van der Waals surface area contributed by atoms with E-state index in [2.05, 4.69) is 11.3 Å². The van der Waals surface area contributed by atoms with Crippen molar-refractivity contribution in [1.29, 1.82) is 0 Å². The van der Waals surface area contributed by atoms with E-state index < -0.39 is 41.3 Å². The van der Waals surface area contributed by atoms with Crippen LogP contribution in [0.15, 0.2) is 36.4 Å². The van der Waals surface area contributed by atoms with Crippen molar-refractivity contribution in [3.05, 3.63) is 47.5 Å². The summed E-state index contributed by atoms with van der Waals surface area (Å²) in [6.07, 6.45) is 0. The molecule has 0 aromatic heterocycles. The van der Waals surface area contributed by atoms with Crippen LogP contribution in [0.3, 0.4) is 0 Å². The highest BCUT2D eigenvalue weighted by Gasteiger charge is 2.58. The van der Waals surface area contributed by atoms with Gasteiger partial charge in [0.2, 0.25) is 0 Å². The van der Waals surface area contributed by atoms with Gasteiger partial charge in [-0.25, -0.2) is 4.79 Å². The first-order valence-electron chi connectivity index (χ1n) is 7.47. The lowest BCUT2D eigenvalue weighted by atomic mass is 9.98. The molecule has 25 heavy (non-hydrogen) atoms. The molecule has 7 nitrogen and oxygen atoms in total. The Balaban J connectivity index is 1.89. The highest BCUT2D eigenvalue weighted by atomic mass is 35.5. The molecule has 3 rings (SSSR count). The quantitative estimate of drug-likeness (QED) is 0.200. The van der Waals surface area contributed by atoms with Gasteiger partial charge >= 0.3 is 5.97 Å². The van der Waals surface area contributed by atoms with Crippen molar-refractivity contribution < 1.29 is 23.9 Å². The number of hydrogen-bond donors (Lipinski definition) is 0. The summed E-state index contributed by atoms with van der Waals surface area (Å²) in [7, 11) is 1.19. The van der Waals surface area contributed by atoms with Crippen LogP contribution in [0, 0.1) is 0 Å². The summed E-state index contributed by atoms with van der Waals surface area (Å²) in [5.41, 5.74) is -0.221. The van der Waals surface area contributed by atoms with Crippen LogP contribution in [0.25, 0.3) is 0 Å². The summed E-state index contributed by atoms with van der Waals surface area (Å²) in [4.78, 5) is 51.5. The maximum Gasteiger partial charge on any atom is 0.332 e. The number of esters is 1. The number of ether oxygens (including phenoxy) is 1. The first kappa shape index (κ1) is 17.2. The normalized spacial score (nSPS) is 23.2. The van der Waals surface area contributed by atoms with Crippen molar-refractivity contribution in [2.45, 2.75) is 24.5 Å². The molecule has 1 aromatic carbocycles. The first-order chi connectivity index (χ1) is 11.8. The van der Waals surface area contributed by atoms with Crippen LogP contribution in [0.5, 0.6) is 0 Å². The second-order valence-corrected chi connectivity index (χ2v) is 6.31. The first-order valence-corrected chi connectivity index (χ1v) is 7.91. The number of carbonyl (C=O) groups is 4. The topological polar surface area (TPSA) is 84.0 Å². The number of halogens is 1. The Morgan fingerprint density at radius 3 is 2.12 bits per heavy atom. The lowest BCUT2D eigenvalue weighted by molar-refractivity contribution is -0.163. The molecule has 8 heteroatoms. The molecule has 0 N–H and O–H groups in total. The number of β-lactam (4-membered cyclic amide) rings is 1. The largest absolute Gasteiger partial charge is 0.467 e. The Hall–Kier alpha value is -2.67. The average Bonchev–Trinajstić information content (AvgIpc) is 2.84. The van der Waals surface area contributed by atoms with Crippen molar-refractivity contribution in [3.63, 3.8) is 0 Å². The van der Waals surface area contributed by atoms with E-state index in [1.54, 1.807) is 19.1 Å². The van der Waals surface area contributed by atoms with Crippen LogP contribution in [-0.2, 0) is 14.3 Å². The smallest absolute Gasteiger partial charge is 0.332 e. The average molecular weight is 363 g/mol. The molecule has 1 aromatic rings. The van der Waals surface area contributed by atoms with E-state index in [0.717, 1.165) is 9.80 Å². The van der Waals surface area contributed by atoms with E-state index in [1.807, 2.05) is 0 Å². The molecule has 2 aliphatic heterocycles. The molecule has 0 spiro atoms. The number of nitrogens with zero attached hydrogens (tertiary/aromatic N) is 2. The molecule has 0 saturated carbocycles. The number of rotatable bonds is 4. The summed E-state index contributed by atoms with van der Waals surface area (Å²) in [6.45, 7) is 5.24. The number of benzene rings is 1. The second kappa shape index (κ2) is 6.00. The van der Waals surface area contributed by atoms with Crippen LogP contribution in [0.2, 0.25) is 0 Å². The third kappa shape index (κ3) is 2.34. The van der Waals surface area contributed by atoms with E-state index in [4.69, 9.17) is 11.6 Å². The van der Waals surface area contributed by atoms with E-state index in [1.165, 1.54) is 19.2 Å². The maximum atomic E-state index is 12.6. The molecule has 3 amide bonds. The van der Waals surface area contributed by atoms with Crippen molar-refractivity contribution >= 4 is 35.3 Å². The number of amides is 3. The van der Waals surface area contributed by atoms with E-state index in [-0.39, 0.29) is 11.1 Å². The Bertz CT molecular complexity index is 786. The molecule has 0 radical (unpaired) electrons. The zero-order chi connectivity index (χ0) is 18.5. The Kier molecular flexibility index (Phi) is 4.12. The van der Waals surface area contributed by atoms with Crippen molar-refractivity contribution in [2.75, 3.05) is 7.11 Å². The Morgan fingerprint density at radius 2 is 1.72 bits per heavy atom. The monoisotopic (exact) mass is 362 g/mol. The van der Waals surface area contributed by atoms with Gasteiger partial charge in [0, 0.05) is 0 Å². The highest BCUT2D eigenvalue weighted by Crippen LogP contribution is 2.36. The van der Waals surface area contributed by atoms with E-state index in [9.17, 15) is 19.2 Å². The predicted octanol–water partition coefficient (Wildman–Crippen LogP) is 1.18. The summed E-state index contributed by atoms with van der Waals surface area (Å²) < 4.78 is 4.68. The minimum Gasteiger partial charge on any atom is -0.467 e. The van der Waals surface area contributed by atoms with Gasteiger partial charge in [-0.2, -0.15) is 0 Å². The Labute approximate surface area is 148 Å². The van der Waals surface area contributed by atoms with Crippen molar-refractivity contribution in [1.82, 2.24) is 9.80 Å². The van der Waals surface area contributed by atoms with Crippen molar-refractivity contribution in [2.24, 2.45) is 0 Å². The van der Waals surface area contributed by atoms with Crippen LogP contribution >= 0.6 is 11.6 Å². The van der Waals surface area contributed by atoms with Gasteiger partial charge in [0.1, 0.15) is 5.50 Å². The summed E-state index contributed by atoms with van der Waals surface area (Å²) in [5.74, 6) is -2.44. The van der Waals surface area contributed by atoms with Gasteiger partial charge in [0.25, 0.3) is 17.7 Å². The van der Waals surface area contributed by atoms with Crippen LogP contribution in [0.4, 0.5) is 0 Å². The second-order valence-electron chi connectivity index (χ2n) is 5.86. The molecule has 3 unspecified atom stereocenters. The van der Waals surface area contributed by atoms with E-state index >= 15 is 0 Å². The van der Waals surface area contributed by atoms with Crippen molar-refractivity contribution in [3.8, 4) is 0 Å². The number of fused-ring (bicyclic) bond motifs is 1. The molecule has 3 atom stereocenters. The fraction of sp³-hybridized carbons (Fsp3) is 0.294. The SMILES string of the molecule is C=C(C)C(C(=O)OC)N1C(=O)C(N2C(=O)c3ccccc3C2=O)C1Cl. The molecular weight excluding hydrogens is 348 g/mol. The van der Waals surface area contributed by atoms with Gasteiger partial charge < -0.3 is 9.64 Å². The summed E-state index contributed by atoms with van der Waals surface area (Å²) in [6, 6.07) is 4.08. The zero-order valence-electron chi connectivity index (χ0n) is 13.6. The third-order valence-corrected chi connectivity index (χ3v) is 4.76. The molecular formula is C17H15ClN2O5. The molecule has 130 valence electrons. The third-order valence-electron chi connectivity index (χ3n) is 4.31. The van der Waals surface area contributed by atoms with Gasteiger partial charge in [0.05, 0.1) is 18.2 Å². The van der Waals surface area contributed by atoms with Crippen LogP contribution < -0.4 is 0 Å². The van der Waals surface area contributed by atoms with E-state index in [0.29, 0.717) is 5.57 Å². The van der Waals surface area contributed by atoms with Crippen LogP contribution in [-0.4, -0.2) is 58.2 Å². The number of methoxy groups -OCH3 is 1. The van der Waals surface area contributed by atoms with Crippen LogP contribution in [0.1, 0.15) is 27.6 Å². The van der Waals surface area contributed by atoms with Gasteiger partial charge in [-0.1, -0.05) is 30.3 Å². The molecule has 2 heterocycles. The number of hydrogen-bond acceptors (Lipinski definition) is 5. The zero-order valence-corrected chi connectivity index (χ0v) is 14.3. The van der Waals surface area contributed by atoms with Gasteiger partial charge in [-0.15, -0.1) is 0 Å². The molecule has 0 aliphatic carbocycles. The number of likely N-dealkylation sites (tertiary alicyclic amines) is 1.